The summed E-state index contributed by atoms with van der Waals surface area (Å²) in [6, 6.07) is 8.36. The number of thioether (sulfide) groups is 1. The molecule has 4 heteroatoms. The van der Waals surface area contributed by atoms with Crippen molar-refractivity contribution < 1.29 is 0 Å². The van der Waals surface area contributed by atoms with E-state index in [0.717, 1.165) is 18.0 Å². The molecule has 0 N–H and O–H groups in total. The summed E-state index contributed by atoms with van der Waals surface area (Å²) in [5.41, 5.74) is 1.38. The van der Waals surface area contributed by atoms with Crippen molar-refractivity contribution in [2.45, 2.75) is 63.7 Å². The number of nitrogens with zero attached hydrogens (tertiary/aromatic N) is 2. The van der Waals surface area contributed by atoms with Gasteiger partial charge in [0.2, 0.25) is 0 Å². The Labute approximate surface area is 156 Å². The van der Waals surface area contributed by atoms with Gasteiger partial charge in [-0.15, -0.1) is 0 Å². The molecule has 1 heterocycles. The summed E-state index contributed by atoms with van der Waals surface area (Å²) in [4.78, 5) is 4.13. The lowest BCUT2D eigenvalue weighted by atomic mass is 10.1. The zero-order valence-corrected chi connectivity index (χ0v) is 16.2. The molecule has 132 valence electrons. The monoisotopic (exact) mass is 364 g/mol. The number of imidazole rings is 1. The number of aryl methyl sites for hydroxylation is 1. The Hall–Kier alpha value is -0.930. The second kappa shape index (κ2) is 11.6. The molecule has 0 fully saturated rings. The zero-order valence-electron chi connectivity index (χ0n) is 14.7. The van der Waals surface area contributed by atoms with Crippen LogP contribution in [-0.4, -0.2) is 15.3 Å². The number of hydrogen-bond donors (Lipinski definition) is 0. The molecular formula is C20H29ClN2S. The molecule has 0 amide bonds. The lowest BCUT2D eigenvalue weighted by molar-refractivity contribution is 0.622. The minimum atomic E-state index is 0.528. The third-order valence-electron chi connectivity index (χ3n) is 4.27. The first-order valence-corrected chi connectivity index (χ1v) is 10.5. The molecule has 1 aromatic heterocycles. The van der Waals surface area contributed by atoms with E-state index < -0.39 is 0 Å². The van der Waals surface area contributed by atoms with Crippen LogP contribution in [0.1, 0.15) is 62.7 Å². The van der Waals surface area contributed by atoms with Crippen molar-refractivity contribution in [1.29, 1.82) is 0 Å². The Morgan fingerprint density at radius 2 is 1.83 bits per heavy atom. The molecule has 0 aliphatic rings. The van der Waals surface area contributed by atoms with E-state index in [1.165, 1.54) is 49.8 Å². The van der Waals surface area contributed by atoms with E-state index >= 15 is 0 Å². The summed E-state index contributed by atoms with van der Waals surface area (Å²) in [7, 11) is 0. The Balaban J connectivity index is 1.79. The maximum Gasteiger partial charge on any atom is 0.0945 e. The van der Waals surface area contributed by atoms with Gasteiger partial charge in [0.25, 0.3) is 0 Å². The van der Waals surface area contributed by atoms with Crippen molar-refractivity contribution in [3.63, 3.8) is 0 Å². The molecule has 2 rings (SSSR count). The molecule has 2 aromatic rings. The Morgan fingerprint density at radius 3 is 2.54 bits per heavy atom. The topological polar surface area (TPSA) is 17.8 Å². The summed E-state index contributed by atoms with van der Waals surface area (Å²) in [5.74, 6) is 1.24. The van der Waals surface area contributed by atoms with E-state index in [4.69, 9.17) is 11.6 Å². The quantitative estimate of drug-likeness (QED) is 0.387. The van der Waals surface area contributed by atoms with Gasteiger partial charge >= 0.3 is 0 Å². The molecule has 1 unspecified atom stereocenters. The normalized spacial score (nSPS) is 12.4. The molecule has 1 aromatic carbocycles. The lowest BCUT2D eigenvalue weighted by Gasteiger charge is -2.17. The van der Waals surface area contributed by atoms with Gasteiger partial charge in [0.1, 0.15) is 0 Å². The zero-order chi connectivity index (χ0) is 17.0. The number of benzene rings is 1. The first-order valence-electron chi connectivity index (χ1n) is 9.12. The molecule has 0 spiro atoms. The fourth-order valence-electron chi connectivity index (χ4n) is 2.82. The highest BCUT2D eigenvalue weighted by molar-refractivity contribution is 7.99. The van der Waals surface area contributed by atoms with Gasteiger partial charge in [-0.25, -0.2) is 4.98 Å². The highest BCUT2D eigenvalue weighted by atomic mass is 35.5. The average Bonchev–Trinajstić information content (AvgIpc) is 3.11. The first-order chi connectivity index (χ1) is 11.8. The smallest absolute Gasteiger partial charge is 0.0945 e. The molecule has 1 atom stereocenters. The molecule has 0 saturated heterocycles. The summed E-state index contributed by atoms with van der Waals surface area (Å²) in [6.45, 7) is 3.28. The highest BCUT2D eigenvalue weighted by Gasteiger charge is 2.12. The summed E-state index contributed by atoms with van der Waals surface area (Å²) >= 11 is 8.13. The van der Waals surface area contributed by atoms with E-state index in [0.29, 0.717) is 5.25 Å². The maximum absolute atomic E-state index is 6.04. The molecule has 2 nitrogen and oxygen atoms in total. The minimum Gasteiger partial charge on any atom is -0.337 e. The van der Waals surface area contributed by atoms with Crippen molar-refractivity contribution in [2.24, 2.45) is 0 Å². The second-order valence-electron chi connectivity index (χ2n) is 6.27. The van der Waals surface area contributed by atoms with Crippen molar-refractivity contribution in [3.8, 4) is 0 Å². The number of hydrogen-bond acceptors (Lipinski definition) is 2. The van der Waals surface area contributed by atoms with Gasteiger partial charge in [-0.1, -0.05) is 62.8 Å². The largest absolute Gasteiger partial charge is 0.337 e. The van der Waals surface area contributed by atoms with Crippen LogP contribution < -0.4 is 0 Å². The standard InChI is InChI=1S/C20H29ClN2S/c1-2-3-4-5-6-7-16-24-20(12-14-23-15-13-22-17-23)18-8-10-19(21)11-9-18/h8-11,13,15,17,20H,2-7,12,14,16H2,1H3. The Morgan fingerprint density at radius 1 is 1.08 bits per heavy atom. The predicted molar refractivity (Wildman–Crippen MR) is 107 cm³/mol. The van der Waals surface area contributed by atoms with Gasteiger partial charge in [0.05, 0.1) is 6.33 Å². The number of aromatic nitrogens is 2. The van der Waals surface area contributed by atoms with Crippen LogP contribution in [-0.2, 0) is 6.54 Å². The van der Waals surface area contributed by atoms with Gasteiger partial charge in [0.15, 0.2) is 0 Å². The van der Waals surface area contributed by atoms with Gasteiger partial charge in [0, 0.05) is 29.2 Å². The van der Waals surface area contributed by atoms with Crippen LogP contribution in [0.4, 0.5) is 0 Å². The molecular weight excluding hydrogens is 336 g/mol. The van der Waals surface area contributed by atoms with E-state index in [2.05, 4.69) is 40.4 Å². The SMILES string of the molecule is CCCCCCCCSC(CCn1ccnc1)c1ccc(Cl)cc1. The Bertz CT molecular complexity index is 539. The van der Waals surface area contributed by atoms with Gasteiger partial charge in [-0.05, 0) is 36.3 Å². The molecule has 0 aliphatic heterocycles. The highest BCUT2D eigenvalue weighted by Crippen LogP contribution is 2.34. The van der Waals surface area contributed by atoms with Crippen molar-refractivity contribution in [2.75, 3.05) is 5.75 Å². The van der Waals surface area contributed by atoms with Crippen molar-refractivity contribution >= 4 is 23.4 Å². The fraction of sp³-hybridized carbons (Fsp3) is 0.550. The average molecular weight is 365 g/mol. The van der Waals surface area contributed by atoms with Crippen LogP contribution >= 0.6 is 23.4 Å². The van der Waals surface area contributed by atoms with Gasteiger partial charge in [-0.3, -0.25) is 0 Å². The van der Waals surface area contributed by atoms with Gasteiger partial charge < -0.3 is 4.57 Å². The summed E-state index contributed by atoms with van der Waals surface area (Å²) < 4.78 is 2.16. The molecule has 24 heavy (non-hydrogen) atoms. The third-order valence-corrected chi connectivity index (χ3v) is 5.95. The Kier molecular flexibility index (Phi) is 9.37. The van der Waals surface area contributed by atoms with Crippen molar-refractivity contribution in [1.82, 2.24) is 9.55 Å². The number of rotatable bonds is 12. The predicted octanol–water partition coefficient (Wildman–Crippen LogP) is 6.76. The fourth-order valence-corrected chi connectivity index (χ4v) is 4.22. The second-order valence-corrected chi connectivity index (χ2v) is 8.01. The van der Waals surface area contributed by atoms with Crippen LogP contribution in [0.2, 0.25) is 5.02 Å². The number of halogens is 1. The molecule has 0 bridgehead atoms. The van der Waals surface area contributed by atoms with E-state index in [1.54, 1.807) is 0 Å². The van der Waals surface area contributed by atoms with Crippen LogP contribution in [0.5, 0.6) is 0 Å². The molecule has 0 saturated carbocycles. The summed E-state index contributed by atoms with van der Waals surface area (Å²) in [5, 5.41) is 1.34. The van der Waals surface area contributed by atoms with Crippen LogP contribution in [0.3, 0.4) is 0 Å². The van der Waals surface area contributed by atoms with E-state index in [1.807, 2.05) is 30.9 Å². The third kappa shape index (κ3) is 7.31. The van der Waals surface area contributed by atoms with Crippen LogP contribution in [0.15, 0.2) is 43.0 Å². The minimum absolute atomic E-state index is 0.528. The van der Waals surface area contributed by atoms with E-state index in [-0.39, 0.29) is 0 Å². The molecule has 0 aliphatic carbocycles. The summed E-state index contributed by atoms with van der Waals surface area (Å²) in [6.07, 6.45) is 15.1. The first kappa shape index (κ1) is 19.4. The number of unbranched alkanes of at least 4 members (excludes halogenated alkanes) is 5. The van der Waals surface area contributed by atoms with E-state index in [9.17, 15) is 0 Å². The van der Waals surface area contributed by atoms with Crippen molar-refractivity contribution in [3.05, 3.63) is 53.6 Å². The maximum atomic E-state index is 6.04. The van der Waals surface area contributed by atoms with Crippen LogP contribution in [0, 0.1) is 0 Å². The molecule has 0 radical (unpaired) electrons. The lowest BCUT2D eigenvalue weighted by Crippen LogP contribution is -2.02. The van der Waals surface area contributed by atoms with Crippen LogP contribution in [0.25, 0.3) is 0 Å². The van der Waals surface area contributed by atoms with Gasteiger partial charge in [-0.2, -0.15) is 11.8 Å².